The fourth-order valence-corrected chi connectivity index (χ4v) is 6.54. The van der Waals surface area contributed by atoms with Gasteiger partial charge < -0.3 is 9.80 Å². The summed E-state index contributed by atoms with van der Waals surface area (Å²) in [6, 6.07) is 16.5. The van der Waals surface area contributed by atoms with Crippen LogP contribution in [0.3, 0.4) is 0 Å². The number of benzene rings is 3. The lowest BCUT2D eigenvalue weighted by molar-refractivity contribution is -0.143. The van der Waals surface area contributed by atoms with Crippen molar-refractivity contribution in [3.05, 3.63) is 76.8 Å². The van der Waals surface area contributed by atoms with Crippen LogP contribution in [0.4, 0.5) is 0 Å². The second kappa shape index (κ2) is 9.84. The minimum atomic E-state index is -3.93. The highest BCUT2D eigenvalue weighted by Crippen LogP contribution is 2.25. The van der Waals surface area contributed by atoms with E-state index >= 15 is 0 Å². The Morgan fingerprint density at radius 3 is 2.56 bits per heavy atom. The van der Waals surface area contributed by atoms with Gasteiger partial charge in [0.2, 0.25) is 21.8 Å². The van der Waals surface area contributed by atoms with Crippen molar-refractivity contribution in [1.29, 1.82) is 0 Å². The van der Waals surface area contributed by atoms with Gasteiger partial charge in [0.25, 0.3) is 0 Å². The number of likely N-dealkylation sites (tertiary alicyclic amines) is 1. The van der Waals surface area contributed by atoms with E-state index in [1.165, 1.54) is 16.5 Å². The van der Waals surface area contributed by atoms with Crippen molar-refractivity contribution in [3.8, 4) is 0 Å². The van der Waals surface area contributed by atoms with Crippen molar-refractivity contribution < 1.29 is 18.0 Å². The highest BCUT2D eigenvalue weighted by molar-refractivity contribution is 7.89. The summed E-state index contributed by atoms with van der Waals surface area (Å²) in [6.07, 6.45) is 2.09. The quantitative estimate of drug-likeness (QED) is 0.550. The monoisotopic (exact) mass is 525 g/mol. The van der Waals surface area contributed by atoms with Crippen LogP contribution in [0.2, 0.25) is 5.02 Å². The van der Waals surface area contributed by atoms with Crippen LogP contribution in [-0.2, 0) is 32.6 Å². The number of carbonyl (C=O) groups is 2. The van der Waals surface area contributed by atoms with E-state index in [2.05, 4.69) is 10.8 Å². The number of fused-ring (bicyclic) bond motifs is 2. The lowest BCUT2D eigenvalue weighted by Crippen LogP contribution is -2.50. The van der Waals surface area contributed by atoms with Gasteiger partial charge in [0.15, 0.2) is 0 Å². The Hall–Kier alpha value is -2.94. The Morgan fingerprint density at radius 1 is 1.03 bits per heavy atom. The largest absolute Gasteiger partial charge is 0.337 e. The van der Waals surface area contributed by atoms with Crippen LogP contribution in [0.1, 0.15) is 30.9 Å². The number of nitrogens with one attached hydrogen (secondary N) is 1. The molecule has 2 heterocycles. The van der Waals surface area contributed by atoms with Gasteiger partial charge in [-0.2, -0.15) is 4.72 Å². The molecule has 0 bridgehead atoms. The molecular weight excluding hydrogens is 498 g/mol. The van der Waals surface area contributed by atoms with E-state index in [-0.39, 0.29) is 16.7 Å². The highest BCUT2D eigenvalue weighted by atomic mass is 35.5. The number of hydrogen-bond donors (Lipinski definition) is 1. The average molecular weight is 526 g/mol. The molecule has 1 fully saturated rings. The summed E-state index contributed by atoms with van der Waals surface area (Å²) in [6.45, 7) is 3.19. The normalized spacial score (nSPS) is 19.3. The summed E-state index contributed by atoms with van der Waals surface area (Å²) in [7, 11) is -3.93. The first-order valence-corrected chi connectivity index (χ1v) is 14.0. The SMILES string of the molecule is C[C@@H](C(=O)N1CCCc2ccccc2C1)N1CCC(NS(=O)(=O)c2ccc3cc(Cl)ccc3c2)C1=O. The van der Waals surface area contributed by atoms with Gasteiger partial charge >= 0.3 is 0 Å². The maximum absolute atomic E-state index is 13.3. The zero-order chi connectivity index (χ0) is 25.4. The van der Waals surface area contributed by atoms with Crippen LogP contribution < -0.4 is 4.72 Å². The second-order valence-corrected chi connectivity index (χ2v) is 11.6. The summed E-state index contributed by atoms with van der Waals surface area (Å²) in [5.41, 5.74) is 2.38. The van der Waals surface area contributed by atoms with E-state index in [1.807, 2.05) is 23.1 Å². The Kier molecular flexibility index (Phi) is 6.76. The number of nitrogens with zero attached hydrogens (tertiary/aromatic N) is 2. The van der Waals surface area contributed by atoms with Crippen molar-refractivity contribution in [2.75, 3.05) is 13.1 Å². The maximum atomic E-state index is 13.3. The van der Waals surface area contributed by atoms with E-state index in [0.29, 0.717) is 31.1 Å². The molecule has 1 saturated heterocycles. The summed E-state index contributed by atoms with van der Waals surface area (Å²) in [5.74, 6) is -0.487. The molecule has 0 spiro atoms. The van der Waals surface area contributed by atoms with Crippen LogP contribution in [0, 0.1) is 0 Å². The minimum Gasteiger partial charge on any atom is -0.337 e. The van der Waals surface area contributed by atoms with E-state index in [0.717, 1.165) is 29.2 Å². The fraction of sp³-hybridized carbons (Fsp3) is 0.333. The second-order valence-electron chi connectivity index (χ2n) is 9.46. The predicted octanol–water partition coefficient (Wildman–Crippen LogP) is 3.74. The van der Waals surface area contributed by atoms with Crippen molar-refractivity contribution >= 4 is 44.2 Å². The van der Waals surface area contributed by atoms with Crippen molar-refractivity contribution in [2.45, 2.75) is 49.7 Å². The third-order valence-corrected chi connectivity index (χ3v) is 8.82. The van der Waals surface area contributed by atoms with Gasteiger partial charge in [0, 0.05) is 24.7 Å². The van der Waals surface area contributed by atoms with Crippen LogP contribution in [0.15, 0.2) is 65.6 Å². The molecule has 2 atom stereocenters. The molecular formula is C27H28ClN3O4S. The maximum Gasteiger partial charge on any atom is 0.245 e. The Morgan fingerprint density at radius 2 is 1.75 bits per heavy atom. The number of aryl methyl sites for hydroxylation is 1. The van der Waals surface area contributed by atoms with Gasteiger partial charge in [-0.15, -0.1) is 0 Å². The van der Waals surface area contributed by atoms with Gasteiger partial charge in [-0.05, 0) is 72.4 Å². The molecule has 1 unspecified atom stereocenters. The Labute approximate surface area is 216 Å². The molecule has 3 aromatic carbocycles. The highest BCUT2D eigenvalue weighted by Gasteiger charge is 2.40. The van der Waals surface area contributed by atoms with Gasteiger partial charge in [-0.3, -0.25) is 9.59 Å². The molecule has 0 aliphatic carbocycles. The molecule has 0 aromatic heterocycles. The molecule has 7 nitrogen and oxygen atoms in total. The van der Waals surface area contributed by atoms with Crippen molar-refractivity contribution in [2.24, 2.45) is 0 Å². The van der Waals surface area contributed by atoms with Gasteiger partial charge in [0.1, 0.15) is 12.1 Å². The number of halogens is 1. The van der Waals surface area contributed by atoms with E-state index in [1.54, 1.807) is 37.3 Å². The van der Waals surface area contributed by atoms with Crippen molar-refractivity contribution in [3.63, 3.8) is 0 Å². The fourth-order valence-electron chi connectivity index (χ4n) is 5.10. The summed E-state index contributed by atoms with van der Waals surface area (Å²) in [4.78, 5) is 29.9. The summed E-state index contributed by atoms with van der Waals surface area (Å²) in [5, 5.41) is 2.13. The average Bonchev–Trinajstić information content (AvgIpc) is 3.08. The number of carbonyl (C=O) groups excluding carboxylic acids is 2. The van der Waals surface area contributed by atoms with Crippen molar-refractivity contribution in [1.82, 2.24) is 14.5 Å². The predicted molar refractivity (Wildman–Crippen MR) is 139 cm³/mol. The molecule has 2 amide bonds. The lowest BCUT2D eigenvalue weighted by atomic mass is 10.0. The number of sulfonamides is 1. The third-order valence-electron chi connectivity index (χ3n) is 7.11. The molecule has 2 aliphatic heterocycles. The first-order chi connectivity index (χ1) is 17.2. The van der Waals surface area contributed by atoms with Crippen LogP contribution in [-0.4, -0.2) is 55.2 Å². The summed E-state index contributed by atoms with van der Waals surface area (Å²) >= 11 is 6.02. The molecule has 9 heteroatoms. The minimum absolute atomic E-state index is 0.0796. The number of amides is 2. The van der Waals surface area contributed by atoms with Crippen LogP contribution in [0.5, 0.6) is 0 Å². The zero-order valence-corrected chi connectivity index (χ0v) is 21.6. The van der Waals surface area contributed by atoms with E-state index < -0.39 is 22.1 Å². The molecule has 2 aliphatic rings. The van der Waals surface area contributed by atoms with Gasteiger partial charge in [-0.1, -0.05) is 48.0 Å². The molecule has 3 aromatic rings. The Bertz CT molecular complexity index is 1440. The molecule has 0 radical (unpaired) electrons. The molecule has 0 saturated carbocycles. The van der Waals surface area contributed by atoms with E-state index in [4.69, 9.17) is 11.6 Å². The topological polar surface area (TPSA) is 86.8 Å². The first-order valence-electron chi connectivity index (χ1n) is 12.1. The van der Waals surface area contributed by atoms with Crippen LogP contribution in [0.25, 0.3) is 10.8 Å². The molecule has 188 valence electrons. The van der Waals surface area contributed by atoms with Gasteiger partial charge in [0.05, 0.1) is 4.90 Å². The number of hydrogen-bond acceptors (Lipinski definition) is 4. The molecule has 5 rings (SSSR count). The third kappa shape index (κ3) is 4.85. The lowest BCUT2D eigenvalue weighted by Gasteiger charge is -2.30. The first kappa shape index (κ1) is 24.7. The van der Waals surface area contributed by atoms with Crippen LogP contribution >= 0.6 is 11.6 Å². The Balaban J connectivity index is 1.27. The standard InChI is InChI=1S/C27H28ClN3O4S/c1-18(26(32)30-13-4-7-19-5-2-3-6-22(19)17-30)31-14-12-25(27(31)33)29-36(34,35)24-11-9-20-15-23(28)10-8-21(20)16-24/h2-3,5-6,8-11,15-16,18,25,29H,4,7,12-14,17H2,1H3/t18-,25?/m0/s1. The van der Waals surface area contributed by atoms with Gasteiger partial charge in [-0.25, -0.2) is 8.42 Å². The zero-order valence-electron chi connectivity index (χ0n) is 20.0. The smallest absolute Gasteiger partial charge is 0.245 e. The molecule has 1 N–H and O–H groups in total. The number of rotatable bonds is 5. The molecule has 36 heavy (non-hydrogen) atoms. The van der Waals surface area contributed by atoms with E-state index in [9.17, 15) is 18.0 Å². The summed E-state index contributed by atoms with van der Waals surface area (Å²) < 4.78 is 28.7.